The van der Waals surface area contributed by atoms with E-state index >= 15 is 0 Å². The summed E-state index contributed by atoms with van der Waals surface area (Å²) in [7, 11) is 0. The SMILES string of the molecule is ONc1cccc(O)c1/[N+](O)=C1/C=CC=C(O)C1. The highest BCUT2D eigenvalue weighted by Crippen LogP contribution is 2.33. The fourth-order valence-electron chi connectivity index (χ4n) is 1.71. The van der Waals surface area contributed by atoms with Crippen molar-refractivity contribution in [2.45, 2.75) is 6.42 Å². The lowest BCUT2D eigenvalue weighted by Crippen LogP contribution is -2.15. The zero-order valence-electron chi connectivity index (χ0n) is 9.41. The van der Waals surface area contributed by atoms with Crippen molar-refractivity contribution in [1.29, 1.82) is 0 Å². The maximum Gasteiger partial charge on any atom is 0.324 e. The summed E-state index contributed by atoms with van der Waals surface area (Å²) in [6.07, 6.45) is 4.80. The Kier molecular flexibility index (Phi) is 3.20. The number of aromatic hydroxyl groups is 1. The number of nitrogens with one attached hydrogen (secondary N) is 1. The molecular formula is C12H13N2O4+. The van der Waals surface area contributed by atoms with Crippen molar-refractivity contribution in [2.24, 2.45) is 0 Å². The lowest BCUT2D eigenvalue weighted by Gasteiger charge is -2.06. The minimum absolute atomic E-state index is 0.00866. The Balaban J connectivity index is 2.52. The van der Waals surface area contributed by atoms with E-state index in [0.29, 0.717) is 10.5 Å². The van der Waals surface area contributed by atoms with Gasteiger partial charge in [-0.25, -0.2) is 0 Å². The zero-order valence-corrected chi connectivity index (χ0v) is 9.41. The van der Waals surface area contributed by atoms with E-state index in [1.165, 1.54) is 24.3 Å². The van der Waals surface area contributed by atoms with Crippen LogP contribution in [0.1, 0.15) is 6.42 Å². The molecule has 0 radical (unpaired) electrons. The standard InChI is InChI=1S/C12H12N2O4/c15-9-4-1-3-8(7-9)14(18)12-10(13-17)5-2-6-11(12)16/h1-6,13,16-18H,7H2/p+1. The summed E-state index contributed by atoms with van der Waals surface area (Å²) >= 11 is 0. The number of aliphatic hydroxyl groups excluding tert-OH is 1. The maximum atomic E-state index is 10.1. The summed E-state index contributed by atoms with van der Waals surface area (Å²) in [6, 6.07) is 4.38. The summed E-state index contributed by atoms with van der Waals surface area (Å²) in [5, 5.41) is 38.1. The third kappa shape index (κ3) is 2.14. The van der Waals surface area contributed by atoms with Crippen LogP contribution < -0.4 is 5.48 Å². The Morgan fingerprint density at radius 2 is 2.00 bits per heavy atom. The molecule has 0 aromatic heterocycles. The monoisotopic (exact) mass is 249 g/mol. The van der Waals surface area contributed by atoms with Gasteiger partial charge in [-0.3, -0.25) is 15.9 Å². The molecule has 0 amide bonds. The number of para-hydroxylation sites is 1. The topological polar surface area (TPSA) is 96.0 Å². The highest BCUT2D eigenvalue weighted by molar-refractivity contribution is 5.94. The van der Waals surface area contributed by atoms with Gasteiger partial charge in [0.1, 0.15) is 11.4 Å². The second kappa shape index (κ2) is 4.80. The maximum absolute atomic E-state index is 10.1. The highest BCUT2D eigenvalue weighted by atomic mass is 16.5. The van der Waals surface area contributed by atoms with E-state index in [4.69, 9.17) is 5.21 Å². The number of hydrogen-bond acceptors (Lipinski definition) is 5. The van der Waals surface area contributed by atoms with Crippen LogP contribution in [0, 0.1) is 0 Å². The van der Waals surface area contributed by atoms with Crippen molar-refractivity contribution in [2.75, 3.05) is 5.48 Å². The predicted molar refractivity (Wildman–Crippen MR) is 64.7 cm³/mol. The Labute approximate surface area is 103 Å². The fraction of sp³-hybridized carbons (Fsp3) is 0.0833. The Morgan fingerprint density at radius 1 is 1.22 bits per heavy atom. The number of benzene rings is 1. The van der Waals surface area contributed by atoms with Gasteiger partial charge in [-0.1, -0.05) is 12.1 Å². The van der Waals surface area contributed by atoms with Gasteiger partial charge in [0.15, 0.2) is 5.75 Å². The summed E-state index contributed by atoms with van der Waals surface area (Å²) in [5.74, 6) is -0.105. The molecule has 18 heavy (non-hydrogen) atoms. The number of phenols is 1. The van der Waals surface area contributed by atoms with Crippen LogP contribution in [-0.2, 0) is 0 Å². The molecule has 1 aromatic rings. The molecule has 1 aliphatic rings. The van der Waals surface area contributed by atoms with Crippen molar-refractivity contribution in [3.63, 3.8) is 0 Å². The van der Waals surface area contributed by atoms with Gasteiger partial charge in [0, 0.05) is 10.8 Å². The normalized spacial score (nSPS) is 17.3. The van der Waals surface area contributed by atoms with Crippen LogP contribution in [0.2, 0.25) is 0 Å². The predicted octanol–water partition coefficient (Wildman–Crippen LogP) is 2.07. The molecule has 0 saturated heterocycles. The minimum atomic E-state index is -0.202. The number of allylic oxidation sites excluding steroid dienone is 4. The lowest BCUT2D eigenvalue weighted by molar-refractivity contribution is -0.712. The van der Waals surface area contributed by atoms with Crippen molar-refractivity contribution in [3.8, 4) is 5.75 Å². The molecular weight excluding hydrogens is 236 g/mol. The van der Waals surface area contributed by atoms with E-state index in [9.17, 15) is 15.4 Å². The molecule has 0 heterocycles. The average Bonchev–Trinajstić information content (AvgIpc) is 2.37. The number of anilines is 1. The molecule has 1 aliphatic carbocycles. The number of hydrogen-bond donors (Lipinski definition) is 5. The molecule has 0 spiro atoms. The van der Waals surface area contributed by atoms with Crippen molar-refractivity contribution < 1.29 is 25.4 Å². The first-order valence-corrected chi connectivity index (χ1v) is 5.26. The van der Waals surface area contributed by atoms with Crippen molar-refractivity contribution in [1.82, 2.24) is 0 Å². The number of aliphatic hydroxyl groups is 1. The van der Waals surface area contributed by atoms with Crippen LogP contribution in [0.25, 0.3) is 0 Å². The van der Waals surface area contributed by atoms with Crippen molar-refractivity contribution in [3.05, 3.63) is 42.2 Å². The first kappa shape index (κ1) is 12.0. The molecule has 6 nitrogen and oxygen atoms in total. The Bertz CT molecular complexity index is 561. The van der Waals surface area contributed by atoms with E-state index in [2.05, 4.69) is 0 Å². The minimum Gasteiger partial charge on any atom is -0.512 e. The number of rotatable bonds is 2. The van der Waals surface area contributed by atoms with Gasteiger partial charge in [-0.15, -0.1) is 0 Å². The molecule has 0 aliphatic heterocycles. The van der Waals surface area contributed by atoms with E-state index in [0.717, 1.165) is 0 Å². The summed E-state index contributed by atoms with van der Waals surface area (Å²) < 4.78 is 0.716. The first-order chi connectivity index (χ1) is 8.63. The van der Waals surface area contributed by atoms with Crippen LogP contribution in [-0.4, -0.2) is 31.1 Å². The first-order valence-electron chi connectivity index (χ1n) is 5.26. The van der Waals surface area contributed by atoms with Crippen LogP contribution in [0.5, 0.6) is 5.75 Å². The molecule has 1 aromatic carbocycles. The molecule has 5 N–H and O–H groups in total. The summed E-state index contributed by atoms with van der Waals surface area (Å²) in [4.78, 5) is 0. The van der Waals surface area contributed by atoms with Gasteiger partial charge in [-0.05, 0) is 18.2 Å². The molecule has 0 unspecified atom stereocenters. The molecule has 94 valence electrons. The molecule has 0 fully saturated rings. The van der Waals surface area contributed by atoms with Gasteiger partial charge < -0.3 is 10.2 Å². The number of phenolic OH excluding ortho intramolecular Hbond substituents is 1. The van der Waals surface area contributed by atoms with Crippen LogP contribution in [0.4, 0.5) is 11.4 Å². The quantitative estimate of drug-likeness (QED) is 0.314. The van der Waals surface area contributed by atoms with E-state index < -0.39 is 0 Å². The van der Waals surface area contributed by atoms with E-state index in [1.807, 2.05) is 5.48 Å². The van der Waals surface area contributed by atoms with Crippen LogP contribution in [0.3, 0.4) is 0 Å². The number of nitrogens with zero attached hydrogens (tertiary/aromatic N) is 1. The fourth-order valence-corrected chi connectivity index (χ4v) is 1.71. The third-order valence-electron chi connectivity index (χ3n) is 2.56. The molecule has 6 heteroatoms. The summed E-state index contributed by atoms with van der Waals surface area (Å²) in [5.41, 5.74) is 2.41. The molecule has 0 bridgehead atoms. The molecule has 0 atom stereocenters. The van der Waals surface area contributed by atoms with Gasteiger partial charge in [0.25, 0.3) is 0 Å². The second-order valence-electron chi connectivity index (χ2n) is 3.78. The van der Waals surface area contributed by atoms with E-state index in [-0.39, 0.29) is 29.3 Å². The zero-order chi connectivity index (χ0) is 13.1. The molecule has 0 saturated carbocycles. The van der Waals surface area contributed by atoms with Gasteiger partial charge >= 0.3 is 5.69 Å². The average molecular weight is 249 g/mol. The van der Waals surface area contributed by atoms with Crippen LogP contribution >= 0.6 is 0 Å². The molecule has 2 rings (SSSR count). The smallest absolute Gasteiger partial charge is 0.324 e. The second-order valence-corrected chi connectivity index (χ2v) is 3.78. The van der Waals surface area contributed by atoms with Gasteiger partial charge in [0.05, 0.1) is 6.42 Å². The summed E-state index contributed by atoms with van der Waals surface area (Å²) in [6.45, 7) is 0. The Hall–Kier alpha value is -2.47. The lowest BCUT2D eigenvalue weighted by atomic mass is 10.1. The highest BCUT2D eigenvalue weighted by Gasteiger charge is 2.25. The van der Waals surface area contributed by atoms with Crippen LogP contribution in [0.15, 0.2) is 42.2 Å². The van der Waals surface area contributed by atoms with Crippen molar-refractivity contribution >= 4 is 17.1 Å². The third-order valence-corrected chi connectivity index (χ3v) is 2.56. The van der Waals surface area contributed by atoms with E-state index in [1.54, 1.807) is 12.2 Å². The van der Waals surface area contributed by atoms with Gasteiger partial charge in [0.2, 0.25) is 5.71 Å². The Morgan fingerprint density at radius 3 is 2.67 bits per heavy atom. The van der Waals surface area contributed by atoms with Gasteiger partial charge in [-0.2, -0.15) is 0 Å². The largest absolute Gasteiger partial charge is 0.512 e.